The largest absolute Gasteiger partial charge is 0.352 e. The molecule has 0 aromatic rings. The van der Waals surface area contributed by atoms with Crippen molar-refractivity contribution >= 4 is 5.91 Å². The summed E-state index contributed by atoms with van der Waals surface area (Å²) in [6.45, 7) is 6.18. The molecule has 0 bridgehead atoms. The molecule has 2 rings (SSSR count). The second kappa shape index (κ2) is 6.36. The summed E-state index contributed by atoms with van der Waals surface area (Å²) in [5.74, 6) is 0.104. The molecule has 0 spiro atoms. The van der Waals surface area contributed by atoms with Crippen molar-refractivity contribution in [1.82, 2.24) is 15.5 Å². The lowest BCUT2D eigenvalue weighted by atomic mass is 10.1. The Morgan fingerprint density at radius 3 is 3.06 bits per heavy atom. The molecule has 2 aliphatic heterocycles. The van der Waals surface area contributed by atoms with Gasteiger partial charge in [0.15, 0.2) is 0 Å². The van der Waals surface area contributed by atoms with Crippen LogP contribution in [0, 0.1) is 0 Å². The minimum atomic E-state index is 0.104. The predicted octanol–water partition coefficient (Wildman–Crippen LogP) is 0.729. The van der Waals surface area contributed by atoms with Crippen LogP contribution in [0.1, 0.15) is 39.0 Å². The van der Waals surface area contributed by atoms with Crippen LogP contribution in [0.25, 0.3) is 0 Å². The fraction of sp³-hybridized carbons (Fsp3) is 0.923. The molecule has 0 radical (unpaired) electrons. The van der Waals surface area contributed by atoms with E-state index in [-0.39, 0.29) is 5.91 Å². The van der Waals surface area contributed by atoms with Crippen LogP contribution in [0.4, 0.5) is 0 Å². The summed E-state index contributed by atoms with van der Waals surface area (Å²) in [5, 5.41) is 6.55. The minimum Gasteiger partial charge on any atom is -0.352 e. The second-order valence-electron chi connectivity index (χ2n) is 5.42. The fourth-order valence-electron chi connectivity index (χ4n) is 3.01. The zero-order chi connectivity index (χ0) is 12.1. The van der Waals surface area contributed by atoms with Crippen LogP contribution < -0.4 is 10.6 Å². The zero-order valence-corrected chi connectivity index (χ0v) is 10.9. The highest BCUT2D eigenvalue weighted by Crippen LogP contribution is 2.14. The van der Waals surface area contributed by atoms with Crippen molar-refractivity contribution in [2.24, 2.45) is 0 Å². The van der Waals surface area contributed by atoms with E-state index < -0.39 is 0 Å². The van der Waals surface area contributed by atoms with E-state index in [1.807, 2.05) is 0 Å². The molecule has 2 saturated heterocycles. The molecule has 2 atom stereocenters. The molecular weight excluding hydrogens is 214 g/mol. The van der Waals surface area contributed by atoms with Crippen molar-refractivity contribution in [3.05, 3.63) is 0 Å². The van der Waals surface area contributed by atoms with E-state index in [1.54, 1.807) is 6.92 Å². The van der Waals surface area contributed by atoms with E-state index in [2.05, 4.69) is 15.5 Å². The highest BCUT2D eigenvalue weighted by atomic mass is 16.1. The van der Waals surface area contributed by atoms with Crippen LogP contribution in [-0.2, 0) is 4.79 Å². The Balaban J connectivity index is 1.56. The number of hydrogen-bond donors (Lipinski definition) is 2. The number of nitrogens with zero attached hydrogens (tertiary/aromatic N) is 1. The van der Waals surface area contributed by atoms with Crippen molar-refractivity contribution in [3.63, 3.8) is 0 Å². The Kier molecular flexibility index (Phi) is 4.80. The number of carbonyl (C=O) groups is 1. The molecular formula is C13H25N3O. The third-order valence-corrected chi connectivity index (χ3v) is 3.87. The van der Waals surface area contributed by atoms with E-state index >= 15 is 0 Å². The highest BCUT2D eigenvalue weighted by Gasteiger charge is 2.22. The van der Waals surface area contributed by atoms with Gasteiger partial charge in [-0.3, -0.25) is 4.79 Å². The number of carbonyl (C=O) groups excluding carboxylic acids is 1. The zero-order valence-electron chi connectivity index (χ0n) is 10.9. The standard InChI is InChI=1S/C13H25N3O/c1-11(17)15-13-6-9-16(10-13)8-3-5-12-4-2-7-14-12/h12-14H,2-10H2,1H3,(H,15,17). The second-order valence-corrected chi connectivity index (χ2v) is 5.42. The highest BCUT2D eigenvalue weighted by molar-refractivity contribution is 5.73. The molecule has 0 aliphatic carbocycles. The third-order valence-electron chi connectivity index (χ3n) is 3.87. The van der Waals surface area contributed by atoms with E-state index in [1.165, 1.54) is 38.8 Å². The van der Waals surface area contributed by atoms with Crippen LogP contribution in [-0.4, -0.2) is 49.1 Å². The Labute approximate surface area is 104 Å². The summed E-state index contributed by atoms with van der Waals surface area (Å²) in [4.78, 5) is 13.4. The molecule has 0 saturated carbocycles. The van der Waals surface area contributed by atoms with Gasteiger partial charge in [0.05, 0.1) is 0 Å². The smallest absolute Gasteiger partial charge is 0.217 e. The molecule has 0 aromatic carbocycles. The van der Waals surface area contributed by atoms with Crippen molar-refractivity contribution in [3.8, 4) is 0 Å². The number of likely N-dealkylation sites (tertiary alicyclic amines) is 1. The van der Waals surface area contributed by atoms with Crippen LogP contribution in [0.5, 0.6) is 0 Å². The molecule has 4 heteroatoms. The van der Waals surface area contributed by atoms with Gasteiger partial charge in [0.25, 0.3) is 0 Å². The average Bonchev–Trinajstić information content (AvgIpc) is 2.89. The molecule has 0 aromatic heterocycles. The van der Waals surface area contributed by atoms with Gasteiger partial charge >= 0.3 is 0 Å². The Bertz CT molecular complexity index is 251. The van der Waals surface area contributed by atoms with Gasteiger partial charge in [0.2, 0.25) is 5.91 Å². The summed E-state index contributed by atoms with van der Waals surface area (Å²) < 4.78 is 0. The lowest BCUT2D eigenvalue weighted by molar-refractivity contribution is -0.119. The maximum Gasteiger partial charge on any atom is 0.217 e. The van der Waals surface area contributed by atoms with Crippen LogP contribution in [0.2, 0.25) is 0 Å². The van der Waals surface area contributed by atoms with Crippen molar-refractivity contribution in [2.75, 3.05) is 26.2 Å². The lowest BCUT2D eigenvalue weighted by Gasteiger charge is -2.17. The Hall–Kier alpha value is -0.610. The molecule has 2 fully saturated rings. The topological polar surface area (TPSA) is 44.4 Å². The van der Waals surface area contributed by atoms with Gasteiger partial charge in [0, 0.05) is 32.1 Å². The molecule has 2 unspecified atom stereocenters. The van der Waals surface area contributed by atoms with Crippen molar-refractivity contribution in [1.29, 1.82) is 0 Å². The van der Waals surface area contributed by atoms with Crippen molar-refractivity contribution in [2.45, 2.75) is 51.1 Å². The molecule has 98 valence electrons. The first-order valence-corrected chi connectivity index (χ1v) is 6.97. The maximum absolute atomic E-state index is 11.0. The summed E-state index contributed by atoms with van der Waals surface area (Å²) >= 11 is 0. The monoisotopic (exact) mass is 239 g/mol. The summed E-state index contributed by atoms with van der Waals surface area (Å²) in [6.07, 6.45) is 6.40. The van der Waals surface area contributed by atoms with Crippen LogP contribution in [0.3, 0.4) is 0 Å². The molecule has 17 heavy (non-hydrogen) atoms. The van der Waals surface area contributed by atoms with E-state index in [4.69, 9.17) is 0 Å². The lowest BCUT2D eigenvalue weighted by Crippen LogP contribution is -2.35. The van der Waals surface area contributed by atoms with Crippen LogP contribution in [0.15, 0.2) is 0 Å². The third kappa shape index (κ3) is 4.28. The van der Waals surface area contributed by atoms with Gasteiger partial charge in [-0.15, -0.1) is 0 Å². The normalized spacial score (nSPS) is 29.7. The molecule has 2 aliphatic rings. The van der Waals surface area contributed by atoms with Gasteiger partial charge in [-0.05, 0) is 45.2 Å². The van der Waals surface area contributed by atoms with Gasteiger partial charge in [-0.2, -0.15) is 0 Å². The number of amides is 1. The van der Waals surface area contributed by atoms with Gasteiger partial charge in [-0.1, -0.05) is 0 Å². The minimum absolute atomic E-state index is 0.104. The maximum atomic E-state index is 11.0. The Morgan fingerprint density at radius 1 is 1.47 bits per heavy atom. The van der Waals surface area contributed by atoms with Crippen LogP contribution >= 0.6 is 0 Å². The van der Waals surface area contributed by atoms with Gasteiger partial charge < -0.3 is 15.5 Å². The van der Waals surface area contributed by atoms with E-state index in [0.717, 1.165) is 25.6 Å². The Morgan fingerprint density at radius 2 is 2.35 bits per heavy atom. The number of rotatable bonds is 5. The predicted molar refractivity (Wildman–Crippen MR) is 68.9 cm³/mol. The first-order valence-electron chi connectivity index (χ1n) is 6.97. The van der Waals surface area contributed by atoms with Crippen molar-refractivity contribution < 1.29 is 4.79 Å². The molecule has 4 nitrogen and oxygen atoms in total. The average molecular weight is 239 g/mol. The molecule has 1 amide bonds. The first-order chi connectivity index (χ1) is 8.24. The first kappa shape index (κ1) is 12.8. The van der Waals surface area contributed by atoms with E-state index in [9.17, 15) is 4.79 Å². The summed E-state index contributed by atoms with van der Waals surface area (Å²) in [7, 11) is 0. The molecule has 2 heterocycles. The SMILES string of the molecule is CC(=O)NC1CCN(CCCC2CCCN2)C1. The fourth-order valence-corrected chi connectivity index (χ4v) is 3.01. The number of nitrogens with one attached hydrogen (secondary N) is 2. The van der Waals surface area contributed by atoms with E-state index in [0.29, 0.717) is 6.04 Å². The number of hydrogen-bond acceptors (Lipinski definition) is 3. The summed E-state index contributed by atoms with van der Waals surface area (Å²) in [5.41, 5.74) is 0. The molecule has 2 N–H and O–H groups in total. The summed E-state index contributed by atoms with van der Waals surface area (Å²) in [6, 6.07) is 1.15. The quantitative estimate of drug-likeness (QED) is 0.743. The van der Waals surface area contributed by atoms with Gasteiger partial charge in [-0.25, -0.2) is 0 Å². The van der Waals surface area contributed by atoms with Gasteiger partial charge in [0.1, 0.15) is 0 Å².